The molecule has 0 fully saturated rings. The molecule has 2 aromatic carbocycles. The molecule has 0 amide bonds. The van der Waals surface area contributed by atoms with Crippen LogP contribution in [0.4, 0.5) is 17.1 Å². The lowest BCUT2D eigenvalue weighted by molar-refractivity contribution is -0.385. The van der Waals surface area contributed by atoms with Crippen molar-refractivity contribution in [1.82, 2.24) is 0 Å². The Hall–Kier alpha value is -2.61. The lowest BCUT2D eigenvalue weighted by Gasteiger charge is -2.13. The van der Waals surface area contributed by atoms with E-state index in [1.165, 1.54) is 18.2 Å². The number of sulfonamides is 1. The first-order valence-electron chi connectivity index (χ1n) is 6.79. The number of nitro benzene ring substituents is 1. The van der Waals surface area contributed by atoms with Gasteiger partial charge in [0.1, 0.15) is 5.75 Å². The van der Waals surface area contributed by atoms with E-state index in [0.717, 1.165) is 5.69 Å². The van der Waals surface area contributed by atoms with E-state index in [4.69, 9.17) is 0 Å². The molecule has 122 valence electrons. The maximum Gasteiger partial charge on any atom is 0.273 e. The molecular formula is C15H17N3O4S. The Kier molecular flexibility index (Phi) is 4.85. The van der Waals surface area contributed by atoms with Gasteiger partial charge in [0.15, 0.2) is 0 Å². The van der Waals surface area contributed by atoms with Gasteiger partial charge in [0.05, 0.1) is 4.92 Å². The molecule has 0 radical (unpaired) electrons. The van der Waals surface area contributed by atoms with Crippen LogP contribution in [-0.2, 0) is 15.8 Å². The maximum absolute atomic E-state index is 12.2. The van der Waals surface area contributed by atoms with Gasteiger partial charge >= 0.3 is 0 Å². The van der Waals surface area contributed by atoms with Crippen molar-refractivity contribution < 1.29 is 13.3 Å². The average molecular weight is 335 g/mol. The summed E-state index contributed by atoms with van der Waals surface area (Å²) in [6, 6.07) is 12.7. The van der Waals surface area contributed by atoms with Gasteiger partial charge in [-0.05, 0) is 24.3 Å². The van der Waals surface area contributed by atoms with Crippen LogP contribution in [0.5, 0.6) is 0 Å². The fourth-order valence-corrected chi connectivity index (χ4v) is 3.28. The number of nitro groups is 1. The van der Waals surface area contributed by atoms with E-state index in [1.807, 2.05) is 19.0 Å². The van der Waals surface area contributed by atoms with Gasteiger partial charge in [-0.3, -0.25) is 14.8 Å². The molecule has 0 bridgehead atoms. The summed E-state index contributed by atoms with van der Waals surface area (Å²) >= 11 is 0. The number of hydrogen-bond acceptors (Lipinski definition) is 5. The highest BCUT2D eigenvalue weighted by molar-refractivity contribution is 7.91. The van der Waals surface area contributed by atoms with Crippen molar-refractivity contribution in [3.63, 3.8) is 0 Å². The summed E-state index contributed by atoms with van der Waals surface area (Å²) in [6.07, 6.45) is 0. The third kappa shape index (κ3) is 4.43. The van der Waals surface area contributed by atoms with Crippen molar-refractivity contribution >= 4 is 27.1 Å². The molecule has 23 heavy (non-hydrogen) atoms. The van der Waals surface area contributed by atoms with Gasteiger partial charge in [0.2, 0.25) is 10.0 Å². The second-order valence-corrected chi connectivity index (χ2v) is 6.91. The van der Waals surface area contributed by atoms with Gasteiger partial charge in [-0.15, -0.1) is 0 Å². The monoisotopic (exact) mass is 335 g/mol. The van der Waals surface area contributed by atoms with Crippen LogP contribution < -0.4 is 9.62 Å². The molecule has 1 N–H and O–H groups in total. The predicted molar refractivity (Wildman–Crippen MR) is 90.1 cm³/mol. The van der Waals surface area contributed by atoms with Crippen molar-refractivity contribution in [2.75, 3.05) is 23.7 Å². The van der Waals surface area contributed by atoms with E-state index < -0.39 is 20.7 Å². The number of benzene rings is 2. The van der Waals surface area contributed by atoms with Crippen LogP contribution in [-0.4, -0.2) is 27.4 Å². The Balaban J connectivity index is 2.18. The molecule has 0 aromatic heterocycles. The lowest BCUT2D eigenvalue weighted by Crippen LogP contribution is -2.16. The standard InChI is InChI=1S/C15H17N3O4S/c1-17(2)14-9-7-13(8-10-14)16-23(21,22)11-12-5-3-4-6-15(12)18(19)20/h3-10,16H,11H2,1-2H3. The van der Waals surface area contributed by atoms with E-state index >= 15 is 0 Å². The zero-order chi connectivity index (χ0) is 17.0. The van der Waals surface area contributed by atoms with Crippen molar-refractivity contribution in [2.45, 2.75) is 5.75 Å². The van der Waals surface area contributed by atoms with Gasteiger partial charge in [-0.25, -0.2) is 8.42 Å². The minimum Gasteiger partial charge on any atom is -0.378 e. The Bertz CT molecular complexity index is 802. The second kappa shape index (κ2) is 6.66. The van der Waals surface area contributed by atoms with Crippen LogP contribution in [0.1, 0.15) is 5.56 Å². The van der Waals surface area contributed by atoms with Crippen LogP contribution in [0.25, 0.3) is 0 Å². The SMILES string of the molecule is CN(C)c1ccc(NS(=O)(=O)Cc2ccccc2[N+](=O)[O-])cc1. The molecular weight excluding hydrogens is 318 g/mol. The zero-order valence-corrected chi connectivity index (χ0v) is 13.6. The highest BCUT2D eigenvalue weighted by Gasteiger charge is 2.19. The number of rotatable bonds is 6. The molecule has 0 unspecified atom stereocenters. The third-order valence-corrected chi connectivity index (χ3v) is 4.43. The van der Waals surface area contributed by atoms with Gasteiger partial charge in [-0.1, -0.05) is 18.2 Å². The van der Waals surface area contributed by atoms with Crippen molar-refractivity contribution in [1.29, 1.82) is 0 Å². The van der Waals surface area contributed by atoms with Crippen LogP contribution in [0.15, 0.2) is 48.5 Å². The van der Waals surface area contributed by atoms with Crippen molar-refractivity contribution in [3.8, 4) is 0 Å². The van der Waals surface area contributed by atoms with E-state index in [9.17, 15) is 18.5 Å². The second-order valence-electron chi connectivity index (χ2n) is 5.19. The first-order valence-corrected chi connectivity index (χ1v) is 8.44. The van der Waals surface area contributed by atoms with Gasteiger partial charge in [0, 0.05) is 37.1 Å². The topological polar surface area (TPSA) is 92.6 Å². The van der Waals surface area contributed by atoms with E-state index in [1.54, 1.807) is 30.3 Å². The largest absolute Gasteiger partial charge is 0.378 e. The van der Waals surface area contributed by atoms with Crippen LogP contribution in [0.2, 0.25) is 0 Å². The summed E-state index contributed by atoms with van der Waals surface area (Å²) in [4.78, 5) is 12.3. The molecule has 0 aliphatic carbocycles. The summed E-state index contributed by atoms with van der Waals surface area (Å²) in [6.45, 7) is 0. The number of para-hydroxylation sites is 1. The first kappa shape index (κ1) is 16.8. The first-order chi connectivity index (χ1) is 10.8. The Morgan fingerprint density at radius 1 is 1.09 bits per heavy atom. The molecule has 0 aliphatic heterocycles. The van der Waals surface area contributed by atoms with E-state index in [2.05, 4.69) is 4.72 Å². The number of anilines is 2. The highest BCUT2D eigenvalue weighted by Crippen LogP contribution is 2.22. The molecule has 2 aromatic rings. The number of nitrogens with one attached hydrogen (secondary N) is 1. The van der Waals surface area contributed by atoms with Gasteiger partial charge in [-0.2, -0.15) is 0 Å². The zero-order valence-electron chi connectivity index (χ0n) is 12.8. The van der Waals surface area contributed by atoms with E-state index in [-0.39, 0.29) is 11.3 Å². The van der Waals surface area contributed by atoms with Gasteiger partial charge < -0.3 is 4.90 Å². The molecule has 0 aliphatic rings. The quantitative estimate of drug-likeness (QED) is 0.647. The molecule has 7 nitrogen and oxygen atoms in total. The summed E-state index contributed by atoms with van der Waals surface area (Å²) in [7, 11) is 0.0205. The minimum atomic E-state index is -3.74. The lowest BCUT2D eigenvalue weighted by atomic mass is 10.2. The Labute approximate surface area is 134 Å². The summed E-state index contributed by atoms with van der Waals surface area (Å²) in [5, 5.41) is 11.0. The molecule has 0 saturated carbocycles. The van der Waals surface area contributed by atoms with E-state index in [0.29, 0.717) is 5.69 Å². The summed E-state index contributed by atoms with van der Waals surface area (Å²) in [5.41, 5.74) is 1.29. The Morgan fingerprint density at radius 2 is 1.70 bits per heavy atom. The highest BCUT2D eigenvalue weighted by atomic mass is 32.2. The molecule has 0 saturated heterocycles. The van der Waals surface area contributed by atoms with Gasteiger partial charge in [0.25, 0.3) is 5.69 Å². The Morgan fingerprint density at radius 3 is 2.26 bits per heavy atom. The van der Waals surface area contributed by atoms with Crippen LogP contribution in [0, 0.1) is 10.1 Å². The summed E-state index contributed by atoms with van der Waals surface area (Å²) < 4.78 is 26.9. The molecule has 0 spiro atoms. The van der Waals surface area contributed by atoms with Crippen molar-refractivity contribution in [3.05, 3.63) is 64.2 Å². The fraction of sp³-hybridized carbons (Fsp3) is 0.200. The third-order valence-electron chi connectivity index (χ3n) is 3.19. The van der Waals surface area contributed by atoms with Crippen LogP contribution >= 0.6 is 0 Å². The predicted octanol–water partition coefficient (Wildman–Crippen LogP) is 2.60. The molecule has 2 rings (SSSR count). The molecule has 8 heteroatoms. The van der Waals surface area contributed by atoms with Crippen molar-refractivity contribution in [2.24, 2.45) is 0 Å². The average Bonchev–Trinajstić information content (AvgIpc) is 2.47. The minimum absolute atomic E-state index is 0.148. The molecule has 0 atom stereocenters. The fourth-order valence-electron chi connectivity index (χ4n) is 2.06. The molecule has 0 heterocycles. The van der Waals surface area contributed by atoms with Crippen LogP contribution in [0.3, 0.4) is 0 Å². The number of hydrogen-bond donors (Lipinski definition) is 1. The smallest absolute Gasteiger partial charge is 0.273 e. The summed E-state index contributed by atoms with van der Waals surface area (Å²) in [5.74, 6) is -0.459. The normalized spacial score (nSPS) is 11.0. The number of nitrogens with zero attached hydrogens (tertiary/aromatic N) is 2. The maximum atomic E-state index is 12.2.